The summed E-state index contributed by atoms with van der Waals surface area (Å²) >= 11 is 0. The molecule has 0 saturated carbocycles. The monoisotopic (exact) mass is 324 g/mol. The lowest BCUT2D eigenvalue weighted by molar-refractivity contribution is -0.128. The lowest BCUT2D eigenvalue weighted by Gasteiger charge is -2.39. The van der Waals surface area contributed by atoms with Crippen molar-refractivity contribution in [1.29, 1.82) is 0 Å². The molecule has 0 bridgehead atoms. The van der Waals surface area contributed by atoms with E-state index in [2.05, 4.69) is 15.3 Å². The Morgan fingerprint density at radius 1 is 1.48 bits per heavy atom. The van der Waals surface area contributed by atoms with Gasteiger partial charge in [0, 0.05) is 39.3 Å². The number of nitrogens with zero attached hydrogens (tertiary/aromatic N) is 3. The Labute approximate surface area is 134 Å². The standard InChI is InChI=1S/C15H21FN4O3/c1-22-5-3-17-14(21)12-8-20(9-13-11(12)2-4-23-13)15-18-6-10(16)7-19-15/h6-7,11-13H,2-5,8-9H2,1H3,(H,17,21)/t11-,12+,13+/m0/s1. The highest BCUT2D eigenvalue weighted by atomic mass is 19.1. The Kier molecular flexibility index (Phi) is 5.02. The van der Waals surface area contributed by atoms with Crippen LogP contribution >= 0.6 is 0 Å². The fourth-order valence-electron chi connectivity index (χ4n) is 3.29. The van der Waals surface area contributed by atoms with Gasteiger partial charge in [-0.25, -0.2) is 14.4 Å². The van der Waals surface area contributed by atoms with Crippen LogP contribution in [0.15, 0.2) is 12.4 Å². The molecule has 1 aromatic rings. The van der Waals surface area contributed by atoms with Gasteiger partial charge in [0.05, 0.1) is 31.0 Å². The second-order valence-electron chi connectivity index (χ2n) is 5.86. The molecule has 126 valence electrons. The quantitative estimate of drug-likeness (QED) is 0.781. The molecule has 3 rings (SSSR count). The fourth-order valence-corrected chi connectivity index (χ4v) is 3.29. The van der Waals surface area contributed by atoms with Gasteiger partial charge >= 0.3 is 0 Å². The largest absolute Gasteiger partial charge is 0.383 e. The third kappa shape index (κ3) is 3.59. The molecule has 0 aromatic carbocycles. The zero-order chi connectivity index (χ0) is 16.2. The third-order valence-electron chi connectivity index (χ3n) is 4.43. The van der Waals surface area contributed by atoms with E-state index in [9.17, 15) is 9.18 Å². The van der Waals surface area contributed by atoms with Gasteiger partial charge in [0.25, 0.3) is 0 Å². The number of amides is 1. The van der Waals surface area contributed by atoms with Gasteiger partial charge in [-0.2, -0.15) is 0 Å². The third-order valence-corrected chi connectivity index (χ3v) is 4.43. The van der Waals surface area contributed by atoms with Crippen LogP contribution in [0.4, 0.5) is 10.3 Å². The summed E-state index contributed by atoms with van der Waals surface area (Å²) < 4.78 is 23.7. The van der Waals surface area contributed by atoms with Gasteiger partial charge < -0.3 is 19.7 Å². The number of anilines is 1. The molecule has 8 heteroatoms. The van der Waals surface area contributed by atoms with Gasteiger partial charge in [0.1, 0.15) is 0 Å². The Hall–Kier alpha value is -1.80. The lowest BCUT2D eigenvalue weighted by Crippen LogP contribution is -2.53. The summed E-state index contributed by atoms with van der Waals surface area (Å²) in [5.74, 6) is -0.0463. The highest BCUT2D eigenvalue weighted by Gasteiger charge is 2.44. The molecule has 3 heterocycles. The number of piperidine rings is 1. The summed E-state index contributed by atoms with van der Waals surface area (Å²) in [6.07, 6.45) is 3.14. The van der Waals surface area contributed by atoms with Crippen molar-refractivity contribution in [1.82, 2.24) is 15.3 Å². The second-order valence-corrected chi connectivity index (χ2v) is 5.86. The molecule has 1 N–H and O–H groups in total. The normalized spacial score (nSPS) is 26.9. The molecule has 0 radical (unpaired) electrons. The number of hydrogen-bond acceptors (Lipinski definition) is 6. The molecule has 23 heavy (non-hydrogen) atoms. The number of nitrogens with one attached hydrogen (secondary N) is 1. The molecule has 2 aliphatic heterocycles. The molecule has 1 amide bonds. The Balaban J connectivity index is 1.72. The highest BCUT2D eigenvalue weighted by Crippen LogP contribution is 2.34. The minimum absolute atomic E-state index is 0.00522. The molecular formula is C15H21FN4O3. The van der Waals surface area contributed by atoms with E-state index >= 15 is 0 Å². The van der Waals surface area contributed by atoms with E-state index in [1.54, 1.807) is 7.11 Å². The number of rotatable bonds is 5. The summed E-state index contributed by atoms with van der Waals surface area (Å²) in [6.45, 7) is 2.76. The Morgan fingerprint density at radius 2 is 2.26 bits per heavy atom. The van der Waals surface area contributed by atoms with Gasteiger partial charge in [-0.15, -0.1) is 0 Å². The predicted octanol–water partition coefficient (Wildman–Crippen LogP) is 0.220. The van der Waals surface area contributed by atoms with Gasteiger partial charge in [-0.1, -0.05) is 0 Å². The molecule has 0 spiro atoms. The number of fused-ring (bicyclic) bond motifs is 1. The van der Waals surface area contributed by atoms with E-state index < -0.39 is 5.82 Å². The van der Waals surface area contributed by atoms with E-state index in [0.29, 0.717) is 38.8 Å². The molecule has 2 saturated heterocycles. The van der Waals surface area contributed by atoms with Crippen LogP contribution < -0.4 is 10.2 Å². The van der Waals surface area contributed by atoms with Crippen LogP contribution in [0.3, 0.4) is 0 Å². The van der Waals surface area contributed by atoms with Crippen LogP contribution in [0.1, 0.15) is 6.42 Å². The zero-order valence-electron chi connectivity index (χ0n) is 13.1. The molecule has 7 nitrogen and oxygen atoms in total. The van der Waals surface area contributed by atoms with Crippen LogP contribution in [-0.4, -0.2) is 61.9 Å². The molecule has 2 fully saturated rings. The first kappa shape index (κ1) is 16.1. The maximum Gasteiger partial charge on any atom is 0.225 e. The predicted molar refractivity (Wildman–Crippen MR) is 80.4 cm³/mol. The van der Waals surface area contributed by atoms with Crippen molar-refractivity contribution in [3.63, 3.8) is 0 Å². The van der Waals surface area contributed by atoms with Crippen molar-refractivity contribution in [2.24, 2.45) is 11.8 Å². The first-order valence-electron chi connectivity index (χ1n) is 7.80. The van der Waals surface area contributed by atoms with E-state index in [4.69, 9.17) is 9.47 Å². The minimum Gasteiger partial charge on any atom is -0.383 e. The summed E-state index contributed by atoms with van der Waals surface area (Å²) in [7, 11) is 1.60. The lowest BCUT2D eigenvalue weighted by atomic mass is 9.82. The van der Waals surface area contributed by atoms with Crippen molar-refractivity contribution >= 4 is 11.9 Å². The number of ether oxygens (including phenoxy) is 2. The number of aromatic nitrogens is 2. The van der Waals surface area contributed by atoms with E-state index in [-0.39, 0.29) is 23.8 Å². The molecule has 1 aromatic heterocycles. The first-order chi connectivity index (χ1) is 11.2. The number of hydrogen-bond donors (Lipinski definition) is 1. The van der Waals surface area contributed by atoms with Crippen LogP contribution in [0.25, 0.3) is 0 Å². The molecule has 0 aliphatic carbocycles. The van der Waals surface area contributed by atoms with Gasteiger partial charge in [-0.3, -0.25) is 4.79 Å². The maximum atomic E-state index is 13.0. The topological polar surface area (TPSA) is 76.6 Å². The molecule has 2 aliphatic rings. The van der Waals surface area contributed by atoms with Crippen molar-refractivity contribution in [2.45, 2.75) is 12.5 Å². The summed E-state index contributed by atoms with van der Waals surface area (Å²) in [6, 6.07) is 0. The minimum atomic E-state index is -0.477. The average Bonchev–Trinajstić information content (AvgIpc) is 3.03. The summed E-state index contributed by atoms with van der Waals surface area (Å²) in [4.78, 5) is 22.4. The maximum absolute atomic E-state index is 13.0. The van der Waals surface area contributed by atoms with Crippen LogP contribution in [0, 0.1) is 17.7 Å². The average molecular weight is 324 g/mol. The number of halogens is 1. The van der Waals surface area contributed by atoms with Crippen LogP contribution in [0.5, 0.6) is 0 Å². The first-order valence-corrected chi connectivity index (χ1v) is 7.80. The van der Waals surface area contributed by atoms with Crippen molar-refractivity contribution in [3.05, 3.63) is 18.2 Å². The number of methoxy groups -OCH3 is 1. The van der Waals surface area contributed by atoms with Crippen LogP contribution in [0.2, 0.25) is 0 Å². The van der Waals surface area contributed by atoms with Crippen molar-refractivity contribution < 1.29 is 18.7 Å². The zero-order valence-corrected chi connectivity index (χ0v) is 13.1. The van der Waals surface area contributed by atoms with E-state index in [0.717, 1.165) is 18.8 Å². The van der Waals surface area contributed by atoms with Gasteiger partial charge in [0.2, 0.25) is 11.9 Å². The summed E-state index contributed by atoms with van der Waals surface area (Å²) in [5, 5.41) is 2.90. The van der Waals surface area contributed by atoms with Crippen molar-refractivity contribution in [2.75, 3.05) is 44.9 Å². The smallest absolute Gasteiger partial charge is 0.225 e. The summed E-state index contributed by atoms with van der Waals surface area (Å²) in [5.41, 5.74) is 0. The number of carbonyl (C=O) groups excluding carboxylic acids is 1. The SMILES string of the molecule is COCCNC(=O)[C@@H]1CN(c2ncc(F)cn2)C[C@H]2OCC[C@H]21. The van der Waals surface area contributed by atoms with Crippen molar-refractivity contribution in [3.8, 4) is 0 Å². The fraction of sp³-hybridized carbons (Fsp3) is 0.667. The second kappa shape index (κ2) is 7.18. The highest BCUT2D eigenvalue weighted by molar-refractivity contribution is 5.80. The molecular weight excluding hydrogens is 303 g/mol. The molecule has 0 unspecified atom stereocenters. The van der Waals surface area contributed by atoms with Gasteiger partial charge in [-0.05, 0) is 6.42 Å². The molecule has 3 atom stereocenters. The van der Waals surface area contributed by atoms with E-state index in [1.807, 2.05) is 4.90 Å². The van der Waals surface area contributed by atoms with E-state index in [1.165, 1.54) is 0 Å². The Morgan fingerprint density at radius 3 is 3.00 bits per heavy atom. The Bertz CT molecular complexity index is 542. The van der Waals surface area contributed by atoms with Gasteiger partial charge in [0.15, 0.2) is 5.82 Å². The van der Waals surface area contributed by atoms with Crippen LogP contribution in [-0.2, 0) is 14.3 Å². The number of carbonyl (C=O) groups is 1.